The monoisotopic (exact) mass is 764 g/mol. The average Bonchev–Trinajstić information content (AvgIpc) is 2.81. The standard InChI is InChI=1S/C16H5F29O/c1-2(17)3(18,19)4(20,21)5(22,23)6(24,25)7(26,27)8(28,29)9(30,31)10(32,33)11(34,35)12(36,37)13(38,39)14(40,41)15(42,43)16(44,45)46/h2,46H,1H3. The summed E-state index contributed by atoms with van der Waals surface area (Å²) in [6.07, 6.45) is -12.7. The fraction of sp³-hybridized carbons (Fsp3) is 1.00. The Morgan fingerprint density at radius 2 is 0.413 bits per heavy atom. The molecule has 0 aliphatic rings. The maximum Gasteiger partial charge on any atom is 0.423 e. The van der Waals surface area contributed by atoms with E-state index in [2.05, 4.69) is 0 Å². The van der Waals surface area contributed by atoms with Crippen molar-refractivity contribution in [2.75, 3.05) is 0 Å². The third-order valence-electron chi connectivity index (χ3n) is 5.63. The van der Waals surface area contributed by atoms with E-state index in [1.54, 1.807) is 0 Å². The second kappa shape index (κ2) is 10.5. The van der Waals surface area contributed by atoms with Gasteiger partial charge in [0.05, 0.1) is 0 Å². The molecule has 0 radical (unpaired) electrons. The fourth-order valence-corrected chi connectivity index (χ4v) is 2.62. The minimum atomic E-state index is -9.93. The minimum absolute atomic E-state index is 0.983. The van der Waals surface area contributed by atoms with Crippen LogP contribution in [0.3, 0.4) is 0 Å². The van der Waals surface area contributed by atoms with Gasteiger partial charge in [-0.05, 0) is 6.92 Å². The molecule has 0 amide bonds. The molecular weight excluding hydrogens is 759 g/mol. The van der Waals surface area contributed by atoms with Gasteiger partial charge in [-0.2, -0.15) is 123 Å². The Morgan fingerprint density at radius 3 is 0.543 bits per heavy atom. The third-order valence-corrected chi connectivity index (χ3v) is 5.63. The summed E-state index contributed by atoms with van der Waals surface area (Å²) in [5.74, 6) is -121. The van der Waals surface area contributed by atoms with Crippen molar-refractivity contribution in [2.45, 2.75) is 96.2 Å². The Kier molecular flexibility index (Phi) is 9.99. The summed E-state index contributed by atoms with van der Waals surface area (Å²) in [7, 11) is 0. The van der Waals surface area contributed by atoms with Crippen LogP contribution >= 0.6 is 0 Å². The van der Waals surface area contributed by atoms with Gasteiger partial charge in [-0.15, -0.1) is 0 Å². The van der Waals surface area contributed by atoms with Crippen molar-refractivity contribution in [3.63, 3.8) is 0 Å². The second-order valence-electron chi connectivity index (χ2n) is 8.67. The van der Waals surface area contributed by atoms with Crippen LogP contribution in [-0.4, -0.2) is 94.4 Å². The van der Waals surface area contributed by atoms with E-state index in [9.17, 15) is 127 Å². The van der Waals surface area contributed by atoms with Gasteiger partial charge in [-0.3, -0.25) is 0 Å². The molecule has 0 aromatic rings. The first-order chi connectivity index (χ1) is 19.2. The van der Waals surface area contributed by atoms with Crippen LogP contribution in [0.25, 0.3) is 0 Å². The summed E-state index contributed by atoms with van der Waals surface area (Å²) in [4.78, 5) is 0. The molecule has 0 saturated carbocycles. The number of rotatable bonds is 14. The van der Waals surface area contributed by atoms with Crippen molar-refractivity contribution in [3.8, 4) is 0 Å². The molecule has 0 aromatic carbocycles. The van der Waals surface area contributed by atoms with Crippen LogP contribution in [0, 0.1) is 0 Å². The van der Waals surface area contributed by atoms with E-state index in [1.807, 2.05) is 0 Å². The highest BCUT2D eigenvalue weighted by atomic mass is 19.4. The van der Waals surface area contributed by atoms with Gasteiger partial charge < -0.3 is 5.11 Å². The molecule has 0 aromatic heterocycles. The summed E-state index contributed by atoms with van der Waals surface area (Å²) in [6, 6.07) is 0. The van der Waals surface area contributed by atoms with Crippen molar-refractivity contribution < 1.29 is 132 Å². The predicted octanol–water partition coefficient (Wildman–Crippen LogP) is 9.19. The van der Waals surface area contributed by atoms with Crippen LogP contribution in [0.5, 0.6) is 0 Å². The first-order valence-electron chi connectivity index (χ1n) is 9.85. The Bertz CT molecular complexity index is 1110. The lowest BCUT2D eigenvalue weighted by Crippen LogP contribution is -2.79. The molecule has 1 atom stereocenters. The number of aliphatic hydroxyl groups is 1. The summed E-state index contributed by atoms with van der Waals surface area (Å²) in [6.45, 7) is -0.983. The van der Waals surface area contributed by atoms with Crippen LogP contribution in [0.4, 0.5) is 127 Å². The smallest absolute Gasteiger partial charge is 0.331 e. The van der Waals surface area contributed by atoms with Crippen LogP contribution < -0.4 is 0 Å². The summed E-state index contributed by atoms with van der Waals surface area (Å²) >= 11 is 0. The van der Waals surface area contributed by atoms with Gasteiger partial charge in [0.25, 0.3) is 0 Å². The van der Waals surface area contributed by atoms with Gasteiger partial charge in [0.1, 0.15) is 0 Å². The number of alkyl halides is 29. The highest BCUT2D eigenvalue weighted by Crippen LogP contribution is 2.68. The second-order valence-corrected chi connectivity index (χ2v) is 8.67. The summed E-state index contributed by atoms with van der Waals surface area (Å²) in [5, 5.41) is 7.44. The molecule has 278 valence electrons. The molecule has 46 heavy (non-hydrogen) atoms. The van der Waals surface area contributed by atoms with Gasteiger partial charge in [-0.1, -0.05) is 0 Å². The maximum absolute atomic E-state index is 13.7. The van der Waals surface area contributed by atoms with E-state index in [0.29, 0.717) is 0 Å². The Balaban J connectivity index is 7.57. The molecule has 0 saturated heterocycles. The van der Waals surface area contributed by atoms with Gasteiger partial charge in [0.2, 0.25) is 0 Å². The predicted molar refractivity (Wildman–Crippen MR) is 82.0 cm³/mol. The number of hydrogen-bond donors (Lipinski definition) is 1. The topological polar surface area (TPSA) is 20.2 Å². The first kappa shape index (κ1) is 43.9. The van der Waals surface area contributed by atoms with E-state index < -0.39 is 96.2 Å². The molecule has 0 aliphatic heterocycles. The zero-order chi connectivity index (χ0) is 38.6. The van der Waals surface area contributed by atoms with E-state index in [1.165, 1.54) is 0 Å². The molecule has 0 aliphatic carbocycles. The van der Waals surface area contributed by atoms with Gasteiger partial charge >= 0.3 is 83.1 Å². The molecule has 1 nitrogen and oxygen atoms in total. The van der Waals surface area contributed by atoms with Crippen molar-refractivity contribution in [1.29, 1.82) is 0 Å². The summed E-state index contributed by atoms with van der Waals surface area (Å²) < 4.78 is 386. The van der Waals surface area contributed by atoms with Crippen LogP contribution in [0.15, 0.2) is 0 Å². The molecule has 0 fully saturated rings. The molecular formula is C16H5F29O. The number of halogens is 29. The lowest BCUT2D eigenvalue weighted by Gasteiger charge is -2.46. The van der Waals surface area contributed by atoms with Gasteiger partial charge in [0, 0.05) is 0 Å². The molecule has 0 spiro atoms. The molecule has 1 unspecified atom stereocenters. The number of hydrogen-bond acceptors (Lipinski definition) is 1. The molecule has 1 N–H and O–H groups in total. The minimum Gasteiger partial charge on any atom is -0.331 e. The van der Waals surface area contributed by atoms with E-state index in [4.69, 9.17) is 5.11 Å². The van der Waals surface area contributed by atoms with Crippen molar-refractivity contribution in [2.24, 2.45) is 0 Å². The summed E-state index contributed by atoms with van der Waals surface area (Å²) in [5.41, 5.74) is 0. The van der Waals surface area contributed by atoms with Crippen LogP contribution in [-0.2, 0) is 0 Å². The highest BCUT2D eigenvalue weighted by molar-refractivity contribution is 5.21. The average molecular weight is 764 g/mol. The molecule has 0 bridgehead atoms. The van der Waals surface area contributed by atoms with Crippen LogP contribution in [0.1, 0.15) is 6.92 Å². The van der Waals surface area contributed by atoms with E-state index >= 15 is 0 Å². The molecule has 0 heterocycles. The van der Waals surface area contributed by atoms with E-state index in [-0.39, 0.29) is 0 Å². The maximum atomic E-state index is 13.7. The van der Waals surface area contributed by atoms with Gasteiger partial charge in [-0.25, -0.2) is 4.39 Å². The van der Waals surface area contributed by atoms with Crippen molar-refractivity contribution >= 4 is 0 Å². The van der Waals surface area contributed by atoms with Gasteiger partial charge in [0.15, 0.2) is 6.17 Å². The first-order valence-corrected chi connectivity index (χ1v) is 9.85. The van der Waals surface area contributed by atoms with Crippen LogP contribution in [0.2, 0.25) is 0 Å². The normalized spacial score (nSPS) is 17.8. The molecule has 30 heteroatoms. The lowest BCUT2D eigenvalue weighted by atomic mass is 9.83. The van der Waals surface area contributed by atoms with Crippen molar-refractivity contribution in [1.82, 2.24) is 0 Å². The zero-order valence-electron chi connectivity index (χ0n) is 20.0. The quantitative estimate of drug-likeness (QED) is 0.175. The Morgan fingerprint density at radius 1 is 0.283 bits per heavy atom. The highest BCUT2D eigenvalue weighted by Gasteiger charge is 3.00. The Labute approximate surface area is 230 Å². The molecule has 0 rings (SSSR count). The van der Waals surface area contributed by atoms with E-state index in [0.717, 1.165) is 0 Å². The largest absolute Gasteiger partial charge is 0.423 e. The Hall–Kier alpha value is -2.07. The SMILES string of the molecule is CC(F)C(F)(F)C(F)(F)C(F)(F)C(F)(F)C(F)(F)C(F)(F)C(F)(F)C(F)(F)C(F)(F)C(F)(F)C(F)(F)C(F)(F)C(F)(F)C(O)(F)F. The van der Waals surface area contributed by atoms with Crippen molar-refractivity contribution in [3.05, 3.63) is 0 Å². The fourth-order valence-electron chi connectivity index (χ4n) is 2.62. The lowest BCUT2D eigenvalue weighted by molar-refractivity contribution is -0.490. The third kappa shape index (κ3) is 4.80. The zero-order valence-corrected chi connectivity index (χ0v) is 20.0.